The van der Waals surface area contributed by atoms with Gasteiger partial charge in [-0.3, -0.25) is 0 Å². The predicted octanol–water partition coefficient (Wildman–Crippen LogP) is 3.10. The van der Waals surface area contributed by atoms with Gasteiger partial charge in [0, 0.05) is 24.0 Å². The molecule has 0 fully saturated rings. The lowest BCUT2D eigenvalue weighted by Gasteiger charge is -2.07. The van der Waals surface area contributed by atoms with E-state index < -0.39 is 0 Å². The van der Waals surface area contributed by atoms with Crippen molar-refractivity contribution in [3.63, 3.8) is 0 Å². The average Bonchev–Trinajstić information content (AvgIpc) is 2.82. The number of benzene rings is 1. The van der Waals surface area contributed by atoms with Crippen molar-refractivity contribution in [3.8, 4) is 5.75 Å². The molecule has 2 rings (SSSR count). The summed E-state index contributed by atoms with van der Waals surface area (Å²) in [6.45, 7) is 5.77. The highest BCUT2D eigenvalue weighted by atomic mass is 32.1. The van der Waals surface area contributed by atoms with E-state index in [1.165, 1.54) is 16.0 Å². The number of aryl methyl sites for hydroxylation is 2. The predicted molar refractivity (Wildman–Crippen MR) is 80.0 cm³/mol. The lowest BCUT2D eigenvalue weighted by molar-refractivity contribution is 0.321. The van der Waals surface area contributed by atoms with Crippen LogP contribution in [-0.4, -0.2) is 18.6 Å². The summed E-state index contributed by atoms with van der Waals surface area (Å²) < 4.78 is 5.77. The first-order valence-corrected chi connectivity index (χ1v) is 7.29. The molecule has 1 N–H and O–H groups in total. The first-order chi connectivity index (χ1) is 9.19. The van der Waals surface area contributed by atoms with Crippen molar-refractivity contribution in [3.05, 3.63) is 45.4 Å². The maximum absolute atomic E-state index is 5.77. The van der Waals surface area contributed by atoms with Crippen LogP contribution in [0.3, 0.4) is 0 Å². The molecule has 4 heteroatoms. The number of ether oxygens (including phenoxy) is 1. The molecule has 0 unspecified atom stereocenters. The molecule has 0 aliphatic carbocycles. The highest BCUT2D eigenvalue weighted by molar-refractivity contribution is 7.11. The van der Waals surface area contributed by atoms with Crippen LogP contribution in [0.25, 0.3) is 0 Å². The molecule has 3 nitrogen and oxygen atoms in total. The monoisotopic (exact) mass is 276 g/mol. The van der Waals surface area contributed by atoms with Crippen LogP contribution in [0, 0.1) is 13.8 Å². The fraction of sp³-hybridized carbons (Fsp3) is 0.400. The van der Waals surface area contributed by atoms with Gasteiger partial charge in [-0.05, 0) is 44.2 Å². The second-order valence-electron chi connectivity index (χ2n) is 4.60. The molecule has 1 aromatic carbocycles. The van der Waals surface area contributed by atoms with E-state index >= 15 is 0 Å². The Balaban J connectivity index is 1.83. The van der Waals surface area contributed by atoms with E-state index in [2.05, 4.69) is 36.3 Å². The summed E-state index contributed by atoms with van der Waals surface area (Å²) in [5.74, 6) is 0.940. The van der Waals surface area contributed by atoms with Crippen molar-refractivity contribution in [2.45, 2.75) is 26.8 Å². The van der Waals surface area contributed by atoms with Crippen LogP contribution in [0.4, 0.5) is 0 Å². The molecule has 1 aromatic heterocycles. The van der Waals surface area contributed by atoms with Gasteiger partial charge in [-0.2, -0.15) is 0 Å². The van der Waals surface area contributed by atoms with Crippen molar-refractivity contribution < 1.29 is 4.74 Å². The molecule has 0 bridgehead atoms. The molecule has 1 heterocycles. The van der Waals surface area contributed by atoms with Gasteiger partial charge in [0.05, 0.1) is 11.6 Å². The Morgan fingerprint density at radius 2 is 2.11 bits per heavy atom. The smallest absolute Gasteiger partial charge is 0.119 e. The Labute approximate surface area is 118 Å². The first kappa shape index (κ1) is 14.0. The third kappa shape index (κ3) is 4.04. The standard InChI is InChI=1S/C15H20N2OS/c1-11-4-5-13(8-12(11)2)18-7-6-15-17-10-14(19-15)9-16-3/h4-5,8,10,16H,6-7,9H2,1-3H3. The highest BCUT2D eigenvalue weighted by Gasteiger charge is 2.02. The van der Waals surface area contributed by atoms with Crippen molar-refractivity contribution >= 4 is 11.3 Å². The van der Waals surface area contributed by atoms with Gasteiger partial charge in [-0.25, -0.2) is 4.98 Å². The molecule has 0 aliphatic rings. The van der Waals surface area contributed by atoms with Crippen molar-refractivity contribution in [2.24, 2.45) is 0 Å². The molecule has 0 saturated carbocycles. The number of thiazole rings is 1. The minimum atomic E-state index is 0.676. The molecule has 0 atom stereocenters. The van der Waals surface area contributed by atoms with Gasteiger partial charge < -0.3 is 10.1 Å². The topological polar surface area (TPSA) is 34.2 Å². The Hall–Kier alpha value is -1.39. The molecule has 0 amide bonds. The Morgan fingerprint density at radius 1 is 1.26 bits per heavy atom. The van der Waals surface area contributed by atoms with Crippen LogP contribution in [0.15, 0.2) is 24.4 Å². The van der Waals surface area contributed by atoms with E-state index in [1.807, 2.05) is 19.3 Å². The summed E-state index contributed by atoms with van der Waals surface area (Å²) in [5, 5.41) is 4.26. The minimum Gasteiger partial charge on any atom is -0.493 e. The van der Waals surface area contributed by atoms with E-state index in [1.54, 1.807) is 11.3 Å². The number of hydrogen-bond acceptors (Lipinski definition) is 4. The number of nitrogens with one attached hydrogen (secondary N) is 1. The molecule has 2 aromatic rings. The summed E-state index contributed by atoms with van der Waals surface area (Å²) in [5.41, 5.74) is 2.56. The summed E-state index contributed by atoms with van der Waals surface area (Å²) >= 11 is 1.74. The van der Waals surface area contributed by atoms with Crippen molar-refractivity contribution in [1.82, 2.24) is 10.3 Å². The summed E-state index contributed by atoms with van der Waals surface area (Å²) in [6.07, 6.45) is 2.80. The SMILES string of the molecule is CNCc1cnc(CCOc2ccc(C)c(C)c2)s1. The van der Waals surface area contributed by atoms with Gasteiger partial charge in [0.2, 0.25) is 0 Å². The zero-order valence-electron chi connectivity index (χ0n) is 11.7. The fourth-order valence-electron chi connectivity index (χ4n) is 1.78. The number of nitrogens with zero attached hydrogens (tertiary/aromatic N) is 1. The molecule has 0 radical (unpaired) electrons. The number of rotatable bonds is 6. The summed E-state index contributed by atoms with van der Waals surface area (Å²) in [6, 6.07) is 6.21. The zero-order chi connectivity index (χ0) is 13.7. The third-order valence-electron chi connectivity index (χ3n) is 3.02. The quantitative estimate of drug-likeness (QED) is 0.880. The molecular formula is C15H20N2OS. The van der Waals surface area contributed by atoms with E-state index in [-0.39, 0.29) is 0 Å². The van der Waals surface area contributed by atoms with E-state index in [4.69, 9.17) is 4.74 Å². The van der Waals surface area contributed by atoms with Gasteiger partial charge in [0.1, 0.15) is 5.75 Å². The Morgan fingerprint density at radius 3 is 2.84 bits per heavy atom. The normalized spacial score (nSPS) is 10.7. The number of hydrogen-bond donors (Lipinski definition) is 1. The molecule has 19 heavy (non-hydrogen) atoms. The van der Waals surface area contributed by atoms with Gasteiger partial charge in [0.25, 0.3) is 0 Å². The second-order valence-corrected chi connectivity index (χ2v) is 5.79. The third-order valence-corrected chi connectivity index (χ3v) is 4.07. The van der Waals surface area contributed by atoms with Gasteiger partial charge in [-0.1, -0.05) is 6.07 Å². The molecular weight excluding hydrogens is 256 g/mol. The molecule has 0 saturated heterocycles. The maximum atomic E-state index is 5.77. The van der Waals surface area contributed by atoms with Gasteiger partial charge >= 0.3 is 0 Å². The minimum absolute atomic E-state index is 0.676. The Bertz CT molecular complexity index is 537. The van der Waals surface area contributed by atoms with Crippen LogP contribution in [0.2, 0.25) is 0 Å². The van der Waals surface area contributed by atoms with Crippen LogP contribution in [-0.2, 0) is 13.0 Å². The largest absolute Gasteiger partial charge is 0.493 e. The van der Waals surface area contributed by atoms with Crippen LogP contribution in [0.1, 0.15) is 21.0 Å². The van der Waals surface area contributed by atoms with Crippen molar-refractivity contribution in [2.75, 3.05) is 13.7 Å². The lowest BCUT2D eigenvalue weighted by Crippen LogP contribution is -2.02. The van der Waals surface area contributed by atoms with Gasteiger partial charge in [0.15, 0.2) is 0 Å². The zero-order valence-corrected chi connectivity index (χ0v) is 12.5. The van der Waals surface area contributed by atoms with E-state index in [9.17, 15) is 0 Å². The molecule has 102 valence electrons. The van der Waals surface area contributed by atoms with Crippen molar-refractivity contribution in [1.29, 1.82) is 0 Å². The van der Waals surface area contributed by atoms with Crippen LogP contribution < -0.4 is 10.1 Å². The second kappa shape index (κ2) is 6.68. The highest BCUT2D eigenvalue weighted by Crippen LogP contribution is 2.17. The molecule has 0 aliphatic heterocycles. The summed E-state index contributed by atoms with van der Waals surface area (Å²) in [4.78, 5) is 5.66. The average molecular weight is 276 g/mol. The Kier molecular flexibility index (Phi) is 4.93. The van der Waals surface area contributed by atoms with Gasteiger partial charge in [-0.15, -0.1) is 11.3 Å². The first-order valence-electron chi connectivity index (χ1n) is 6.47. The summed E-state index contributed by atoms with van der Waals surface area (Å²) in [7, 11) is 1.95. The lowest BCUT2D eigenvalue weighted by atomic mass is 10.1. The van der Waals surface area contributed by atoms with E-state index in [0.29, 0.717) is 6.61 Å². The van der Waals surface area contributed by atoms with E-state index in [0.717, 1.165) is 23.7 Å². The maximum Gasteiger partial charge on any atom is 0.119 e. The number of aromatic nitrogens is 1. The van der Waals surface area contributed by atoms with Crippen LogP contribution in [0.5, 0.6) is 5.75 Å². The van der Waals surface area contributed by atoms with Crippen LogP contribution >= 0.6 is 11.3 Å². The molecule has 0 spiro atoms. The fourth-order valence-corrected chi connectivity index (χ4v) is 2.69.